The summed E-state index contributed by atoms with van der Waals surface area (Å²) in [4.78, 5) is 18.9. The van der Waals surface area contributed by atoms with Crippen LogP contribution in [0.3, 0.4) is 0 Å². The number of aromatic nitrogens is 5. The third-order valence-electron chi connectivity index (χ3n) is 1.47. The number of nitrogens with zero attached hydrogens (tertiary/aromatic N) is 4. The topological polar surface area (TPSA) is 96.5 Å². The van der Waals surface area contributed by atoms with Gasteiger partial charge in [0.1, 0.15) is 6.33 Å². The smallest absolute Gasteiger partial charge is 0.277 e. The molecule has 0 saturated heterocycles. The van der Waals surface area contributed by atoms with Crippen molar-refractivity contribution in [1.82, 2.24) is 25.4 Å². The second kappa shape index (κ2) is 3.60. The van der Waals surface area contributed by atoms with Crippen molar-refractivity contribution in [2.24, 2.45) is 0 Å². The van der Waals surface area contributed by atoms with Crippen LogP contribution in [0.2, 0.25) is 0 Å². The van der Waals surface area contributed by atoms with Crippen LogP contribution in [0.5, 0.6) is 0 Å². The summed E-state index contributed by atoms with van der Waals surface area (Å²) in [6.45, 7) is 0. The predicted molar refractivity (Wildman–Crippen MR) is 46.4 cm³/mol. The summed E-state index contributed by atoms with van der Waals surface area (Å²) in [7, 11) is 0. The van der Waals surface area contributed by atoms with Gasteiger partial charge in [-0.15, -0.1) is 0 Å². The lowest BCUT2D eigenvalue weighted by molar-refractivity contribution is 0.102. The summed E-state index contributed by atoms with van der Waals surface area (Å²) >= 11 is 0. The van der Waals surface area contributed by atoms with Gasteiger partial charge in [-0.2, -0.15) is 15.4 Å². The van der Waals surface area contributed by atoms with Crippen molar-refractivity contribution in [3.63, 3.8) is 0 Å². The van der Waals surface area contributed by atoms with Crippen molar-refractivity contribution < 1.29 is 4.79 Å². The maximum absolute atomic E-state index is 11.4. The number of carbonyl (C=O) groups is 1. The summed E-state index contributed by atoms with van der Waals surface area (Å²) in [6, 6.07) is 0. The molecule has 2 heterocycles. The van der Waals surface area contributed by atoms with Crippen LogP contribution in [0.1, 0.15) is 10.5 Å². The van der Waals surface area contributed by atoms with E-state index in [2.05, 4.69) is 30.7 Å². The standard InChI is InChI=1S/C7H6N6O/c14-7(6-3-10-13-12-6)11-5-1-8-4-9-2-5/h1-4H,(H,11,14)(H,10,12,13). The van der Waals surface area contributed by atoms with Gasteiger partial charge in [0, 0.05) is 0 Å². The number of amides is 1. The zero-order valence-corrected chi connectivity index (χ0v) is 7.01. The molecular weight excluding hydrogens is 184 g/mol. The number of hydrogen-bond donors (Lipinski definition) is 2. The van der Waals surface area contributed by atoms with E-state index >= 15 is 0 Å². The Morgan fingerprint density at radius 2 is 2.07 bits per heavy atom. The van der Waals surface area contributed by atoms with Crippen molar-refractivity contribution in [1.29, 1.82) is 0 Å². The number of anilines is 1. The van der Waals surface area contributed by atoms with E-state index in [9.17, 15) is 4.79 Å². The van der Waals surface area contributed by atoms with Gasteiger partial charge in [0.2, 0.25) is 0 Å². The molecule has 0 atom stereocenters. The normalized spacial score (nSPS) is 9.71. The fourth-order valence-corrected chi connectivity index (χ4v) is 0.870. The molecule has 7 nitrogen and oxygen atoms in total. The van der Waals surface area contributed by atoms with Crippen LogP contribution >= 0.6 is 0 Å². The molecule has 2 N–H and O–H groups in total. The average molecular weight is 190 g/mol. The molecule has 2 aromatic heterocycles. The Bertz CT molecular complexity index is 411. The van der Waals surface area contributed by atoms with E-state index in [4.69, 9.17) is 0 Å². The molecule has 0 aliphatic rings. The van der Waals surface area contributed by atoms with Gasteiger partial charge >= 0.3 is 0 Å². The zero-order valence-electron chi connectivity index (χ0n) is 7.01. The van der Waals surface area contributed by atoms with Crippen LogP contribution in [-0.2, 0) is 0 Å². The Morgan fingerprint density at radius 3 is 2.71 bits per heavy atom. The van der Waals surface area contributed by atoms with Gasteiger partial charge in [0.15, 0.2) is 5.69 Å². The van der Waals surface area contributed by atoms with E-state index in [-0.39, 0.29) is 11.6 Å². The van der Waals surface area contributed by atoms with Gasteiger partial charge < -0.3 is 5.32 Å². The van der Waals surface area contributed by atoms with Crippen LogP contribution in [0.4, 0.5) is 5.69 Å². The maximum Gasteiger partial charge on any atom is 0.277 e. The number of H-pyrrole nitrogens is 1. The van der Waals surface area contributed by atoms with Crippen molar-refractivity contribution >= 4 is 11.6 Å². The summed E-state index contributed by atoms with van der Waals surface area (Å²) in [5, 5.41) is 12.0. The molecule has 7 heteroatoms. The van der Waals surface area contributed by atoms with Gasteiger partial charge in [0.25, 0.3) is 5.91 Å². The third-order valence-corrected chi connectivity index (χ3v) is 1.47. The van der Waals surface area contributed by atoms with Crippen LogP contribution in [0.25, 0.3) is 0 Å². The lowest BCUT2D eigenvalue weighted by Gasteiger charge is -1.99. The molecule has 0 aliphatic carbocycles. The Labute approximate surface area is 78.6 Å². The molecule has 2 aromatic rings. The van der Waals surface area contributed by atoms with Crippen molar-refractivity contribution in [3.05, 3.63) is 30.6 Å². The fourth-order valence-electron chi connectivity index (χ4n) is 0.870. The van der Waals surface area contributed by atoms with E-state index in [0.29, 0.717) is 5.69 Å². The summed E-state index contributed by atoms with van der Waals surface area (Å²) in [5.41, 5.74) is 0.731. The third kappa shape index (κ3) is 1.71. The van der Waals surface area contributed by atoms with Gasteiger partial charge in [-0.3, -0.25) is 4.79 Å². The van der Waals surface area contributed by atoms with Crippen LogP contribution in [-0.4, -0.2) is 31.3 Å². The number of aromatic amines is 1. The molecule has 0 unspecified atom stereocenters. The monoisotopic (exact) mass is 190 g/mol. The highest BCUT2D eigenvalue weighted by Gasteiger charge is 2.08. The predicted octanol–water partition coefficient (Wildman–Crippen LogP) is -0.153. The number of carbonyl (C=O) groups excluding carboxylic acids is 1. The summed E-state index contributed by atoms with van der Waals surface area (Å²) in [5.74, 6) is -0.353. The molecule has 70 valence electrons. The molecule has 2 rings (SSSR count). The Morgan fingerprint density at radius 1 is 1.29 bits per heavy atom. The molecule has 1 amide bonds. The average Bonchev–Trinajstić information content (AvgIpc) is 2.72. The molecule has 14 heavy (non-hydrogen) atoms. The van der Waals surface area contributed by atoms with E-state index in [1.807, 2.05) is 0 Å². The molecule has 0 fully saturated rings. The van der Waals surface area contributed by atoms with E-state index in [1.54, 1.807) is 0 Å². The largest absolute Gasteiger partial charge is 0.318 e. The Hall–Kier alpha value is -2.31. The van der Waals surface area contributed by atoms with E-state index in [0.717, 1.165) is 0 Å². The second-order valence-corrected chi connectivity index (χ2v) is 2.44. The first kappa shape index (κ1) is 8.30. The number of rotatable bonds is 2. The number of hydrogen-bond acceptors (Lipinski definition) is 5. The first-order valence-corrected chi connectivity index (χ1v) is 3.78. The maximum atomic E-state index is 11.4. The van der Waals surface area contributed by atoms with E-state index < -0.39 is 0 Å². The van der Waals surface area contributed by atoms with Crippen LogP contribution in [0.15, 0.2) is 24.9 Å². The van der Waals surface area contributed by atoms with Gasteiger partial charge in [-0.05, 0) is 0 Å². The zero-order chi connectivity index (χ0) is 9.80. The van der Waals surface area contributed by atoms with E-state index in [1.165, 1.54) is 24.9 Å². The minimum Gasteiger partial charge on any atom is -0.318 e. The molecule has 0 aromatic carbocycles. The molecule has 0 aliphatic heterocycles. The quantitative estimate of drug-likeness (QED) is 0.686. The first-order chi connectivity index (χ1) is 6.86. The highest BCUT2D eigenvalue weighted by atomic mass is 16.2. The molecule has 0 spiro atoms. The van der Waals surface area contributed by atoms with Gasteiger partial charge in [0.05, 0.1) is 24.3 Å². The van der Waals surface area contributed by atoms with Crippen LogP contribution in [0, 0.1) is 0 Å². The van der Waals surface area contributed by atoms with Crippen LogP contribution < -0.4 is 5.32 Å². The first-order valence-electron chi connectivity index (χ1n) is 3.78. The van der Waals surface area contributed by atoms with Gasteiger partial charge in [-0.1, -0.05) is 0 Å². The molecule has 0 saturated carbocycles. The molecule has 0 radical (unpaired) electrons. The lowest BCUT2D eigenvalue weighted by atomic mass is 10.4. The van der Waals surface area contributed by atoms with Crippen molar-refractivity contribution in [2.45, 2.75) is 0 Å². The van der Waals surface area contributed by atoms with Crippen molar-refractivity contribution in [3.8, 4) is 0 Å². The SMILES string of the molecule is O=C(Nc1cncnc1)c1cn[nH]n1. The molecule has 0 bridgehead atoms. The summed E-state index contributed by atoms with van der Waals surface area (Å²) < 4.78 is 0. The Kier molecular flexibility index (Phi) is 2.14. The number of nitrogens with one attached hydrogen (secondary N) is 2. The minimum atomic E-state index is -0.353. The lowest BCUT2D eigenvalue weighted by Crippen LogP contribution is -2.12. The molecular formula is C7H6N6O. The summed E-state index contributed by atoms with van der Waals surface area (Å²) in [6.07, 6.45) is 5.70. The minimum absolute atomic E-state index is 0.217. The van der Waals surface area contributed by atoms with Gasteiger partial charge in [-0.25, -0.2) is 9.97 Å². The highest BCUT2D eigenvalue weighted by Crippen LogP contribution is 2.02. The highest BCUT2D eigenvalue weighted by molar-refractivity contribution is 6.02. The van der Waals surface area contributed by atoms with Crippen molar-refractivity contribution in [2.75, 3.05) is 5.32 Å². The second-order valence-electron chi connectivity index (χ2n) is 2.44. The Balaban J connectivity index is 2.10. The fraction of sp³-hybridized carbons (Fsp3) is 0.